The number of nitrogens with two attached hydrogens (primary N) is 1. The third kappa shape index (κ3) is 8.23. The lowest BCUT2D eigenvalue weighted by Gasteiger charge is -2.24. The molecule has 12 nitrogen and oxygen atoms in total. The van der Waals surface area contributed by atoms with E-state index in [9.17, 15) is 9.59 Å². The van der Waals surface area contributed by atoms with Gasteiger partial charge in [-0.25, -0.2) is 9.97 Å². The maximum Gasteiger partial charge on any atom is 0.279 e. The van der Waals surface area contributed by atoms with Gasteiger partial charge in [-0.1, -0.05) is 0 Å². The summed E-state index contributed by atoms with van der Waals surface area (Å²) in [5, 5.41) is 2.79. The van der Waals surface area contributed by atoms with Gasteiger partial charge in [-0.2, -0.15) is 4.99 Å². The average molecular weight is 553 g/mol. The number of amidine groups is 1. The predicted molar refractivity (Wildman–Crippen MR) is 149 cm³/mol. The van der Waals surface area contributed by atoms with Crippen LogP contribution < -0.4 is 25.4 Å². The fourth-order valence-corrected chi connectivity index (χ4v) is 4.13. The molecule has 4 rings (SSSR count). The van der Waals surface area contributed by atoms with E-state index in [0.717, 1.165) is 19.3 Å². The Kier molecular flexibility index (Phi) is 10.0. The molecule has 2 amide bonds. The lowest BCUT2D eigenvalue weighted by atomic mass is 10.2. The van der Waals surface area contributed by atoms with E-state index in [1.165, 1.54) is 24.5 Å². The summed E-state index contributed by atoms with van der Waals surface area (Å²) < 4.78 is 22.6. The molecule has 12 heteroatoms. The second-order valence-corrected chi connectivity index (χ2v) is 9.75. The van der Waals surface area contributed by atoms with Crippen molar-refractivity contribution in [1.82, 2.24) is 15.3 Å². The van der Waals surface area contributed by atoms with Crippen LogP contribution in [0.1, 0.15) is 43.0 Å². The fourth-order valence-electron chi connectivity index (χ4n) is 4.13. The Morgan fingerprint density at radius 3 is 2.67 bits per heavy atom. The maximum atomic E-state index is 13.1. The minimum absolute atomic E-state index is 0.0376. The summed E-state index contributed by atoms with van der Waals surface area (Å²) in [5.41, 5.74) is 6.03. The molecule has 1 aliphatic carbocycles. The predicted octanol–water partition coefficient (Wildman–Crippen LogP) is 2.84. The number of methoxy groups -OCH3 is 1. The number of nitrogens with zero attached hydrogens (tertiary/aromatic N) is 4. The van der Waals surface area contributed by atoms with Crippen molar-refractivity contribution in [2.45, 2.75) is 44.8 Å². The highest BCUT2D eigenvalue weighted by atomic mass is 16.5. The molecule has 2 fully saturated rings. The number of hydrogen-bond donors (Lipinski definition) is 2. The van der Waals surface area contributed by atoms with Gasteiger partial charge in [0, 0.05) is 38.9 Å². The number of benzene rings is 1. The number of carbonyl (C=O) groups excluding carboxylic acids is 2. The lowest BCUT2D eigenvalue weighted by molar-refractivity contribution is -0.127. The molecular weight excluding hydrogens is 516 g/mol. The molecule has 0 radical (unpaired) electrons. The largest absolute Gasteiger partial charge is 0.488 e. The Morgan fingerprint density at radius 2 is 2.02 bits per heavy atom. The van der Waals surface area contributed by atoms with Crippen molar-refractivity contribution in [2.75, 3.05) is 38.8 Å². The first-order chi connectivity index (χ1) is 19.4. The standard InChI is InChI=1S/C28H36N6O6/c1-18(17-37-3)39-21-11-20(27(35)33-24(29)8-9-30-2)12-22(13-21)40-26-15-31-25(14-32-26)34(16-19-6-7-19)28(36)23-5-4-10-38-23/h8-9,11-15,18-19,23,30H,4-7,10,16-17H2,1-3H3,(H2,29,33,35)/b9-8-. The number of hydrogen-bond acceptors (Lipinski definition) is 9. The van der Waals surface area contributed by atoms with Crippen LogP contribution in [0.5, 0.6) is 17.4 Å². The summed E-state index contributed by atoms with van der Waals surface area (Å²) in [4.78, 5) is 40.4. The first-order valence-corrected chi connectivity index (χ1v) is 13.3. The molecule has 3 N–H and O–H groups in total. The van der Waals surface area contributed by atoms with Gasteiger partial charge in [0.15, 0.2) is 5.82 Å². The molecule has 2 unspecified atom stereocenters. The van der Waals surface area contributed by atoms with Gasteiger partial charge in [0.05, 0.1) is 19.0 Å². The van der Waals surface area contributed by atoms with Crippen LogP contribution in [-0.2, 0) is 14.3 Å². The molecule has 1 saturated carbocycles. The molecule has 1 saturated heterocycles. The van der Waals surface area contributed by atoms with Crippen molar-refractivity contribution >= 4 is 23.5 Å². The van der Waals surface area contributed by atoms with E-state index < -0.39 is 12.0 Å². The van der Waals surface area contributed by atoms with Crippen LogP contribution in [-0.4, -0.2) is 73.7 Å². The maximum absolute atomic E-state index is 13.1. The zero-order valence-electron chi connectivity index (χ0n) is 23.0. The number of rotatable bonds is 13. The topological polar surface area (TPSA) is 150 Å². The van der Waals surface area contributed by atoms with Crippen molar-refractivity contribution in [3.8, 4) is 17.4 Å². The Labute approximate surface area is 233 Å². The molecule has 0 bridgehead atoms. The molecule has 2 atom stereocenters. The SMILES string of the molecule is CN/C=C\C(N)=NC(=O)c1cc(Oc2cnc(N(CC3CC3)C(=O)C3CCCO3)cn2)cc(OC(C)COC)c1. The number of amides is 2. The summed E-state index contributed by atoms with van der Waals surface area (Å²) >= 11 is 0. The van der Waals surface area contributed by atoms with Gasteiger partial charge in [-0.3, -0.25) is 14.5 Å². The van der Waals surface area contributed by atoms with Gasteiger partial charge in [0.2, 0.25) is 5.88 Å². The van der Waals surface area contributed by atoms with E-state index in [-0.39, 0.29) is 35.0 Å². The van der Waals surface area contributed by atoms with Crippen LogP contribution >= 0.6 is 0 Å². The molecule has 40 heavy (non-hydrogen) atoms. The molecule has 1 aromatic heterocycles. The van der Waals surface area contributed by atoms with Crippen LogP contribution in [0, 0.1) is 5.92 Å². The first-order valence-electron chi connectivity index (χ1n) is 13.3. The van der Waals surface area contributed by atoms with Crippen LogP contribution in [0.3, 0.4) is 0 Å². The van der Waals surface area contributed by atoms with Crippen LogP contribution in [0.2, 0.25) is 0 Å². The molecular formula is C28H36N6O6. The molecule has 2 aliphatic rings. The van der Waals surface area contributed by atoms with E-state index in [1.54, 1.807) is 37.4 Å². The summed E-state index contributed by atoms with van der Waals surface area (Å²) in [7, 11) is 3.28. The minimum atomic E-state index is -0.572. The molecule has 214 valence electrons. The lowest BCUT2D eigenvalue weighted by Crippen LogP contribution is -2.40. The van der Waals surface area contributed by atoms with Crippen LogP contribution in [0.15, 0.2) is 47.9 Å². The summed E-state index contributed by atoms with van der Waals surface area (Å²) in [5.74, 6) is 1.14. The highest BCUT2D eigenvalue weighted by molar-refractivity contribution is 6.06. The fraction of sp³-hybridized carbons (Fsp3) is 0.464. The summed E-state index contributed by atoms with van der Waals surface area (Å²) in [6.45, 7) is 3.37. The normalized spacial score (nSPS) is 18.0. The third-order valence-electron chi connectivity index (χ3n) is 6.24. The minimum Gasteiger partial charge on any atom is -0.488 e. The number of nitrogens with one attached hydrogen (secondary N) is 1. The molecule has 2 aromatic rings. The van der Waals surface area contributed by atoms with Crippen molar-refractivity contribution in [3.63, 3.8) is 0 Å². The molecule has 1 aliphatic heterocycles. The molecule has 0 spiro atoms. The van der Waals surface area contributed by atoms with E-state index >= 15 is 0 Å². The Morgan fingerprint density at radius 1 is 1.23 bits per heavy atom. The number of aliphatic imine (C=N–C) groups is 1. The van der Waals surface area contributed by atoms with E-state index in [2.05, 4.69) is 20.3 Å². The number of ether oxygens (including phenoxy) is 4. The number of carbonyl (C=O) groups is 2. The van der Waals surface area contributed by atoms with Gasteiger partial charge in [-0.05, 0) is 62.9 Å². The van der Waals surface area contributed by atoms with Crippen molar-refractivity contribution in [2.24, 2.45) is 16.6 Å². The van der Waals surface area contributed by atoms with Crippen molar-refractivity contribution < 1.29 is 28.5 Å². The Hall–Kier alpha value is -4.03. The Balaban J connectivity index is 1.54. The second-order valence-electron chi connectivity index (χ2n) is 9.75. The highest BCUT2D eigenvalue weighted by Gasteiger charge is 2.34. The van der Waals surface area contributed by atoms with Crippen molar-refractivity contribution in [3.05, 3.63) is 48.4 Å². The quantitative estimate of drug-likeness (QED) is 0.280. The highest BCUT2D eigenvalue weighted by Crippen LogP contribution is 2.33. The summed E-state index contributed by atoms with van der Waals surface area (Å²) in [6.07, 6.45) is 9.03. The second kappa shape index (κ2) is 13.9. The third-order valence-corrected chi connectivity index (χ3v) is 6.24. The van der Waals surface area contributed by atoms with Gasteiger partial charge in [0.25, 0.3) is 11.8 Å². The van der Waals surface area contributed by atoms with Gasteiger partial charge in [0.1, 0.15) is 29.5 Å². The average Bonchev–Trinajstić information content (AvgIpc) is 3.59. The monoisotopic (exact) mass is 552 g/mol. The van der Waals surface area contributed by atoms with Crippen LogP contribution in [0.25, 0.3) is 0 Å². The van der Waals surface area contributed by atoms with Crippen molar-refractivity contribution in [1.29, 1.82) is 0 Å². The number of anilines is 1. The molecule has 1 aromatic carbocycles. The van der Waals surface area contributed by atoms with E-state index in [4.69, 9.17) is 24.7 Å². The van der Waals surface area contributed by atoms with Gasteiger partial charge >= 0.3 is 0 Å². The summed E-state index contributed by atoms with van der Waals surface area (Å²) in [6, 6.07) is 4.71. The van der Waals surface area contributed by atoms with E-state index in [0.29, 0.717) is 43.7 Å². The van der Waals surface area contributed by atoms with E-state index in [1.807, 2.05) is 6.92 Å². The smallest absolute Gasteiger partial charge is 0.279 e. The Bertz CT molecular complexity index is 1220. The van der Waals surface area contributed by atoms with Gasteiger partial charge in [-0.15, -0.1) is 0 Å². The number of aromatic nitrogens is 2. The zero-order valence-corrected chi connectivity index (χ0v) is 23.0. The first kappa shape index (κ1) is 29.0. The van der Waals surface area contributed by atoms with Gasteiger partial charge < -0.3 is 30.0 Å². The zero-order chi connectivity index (χ0) is 28.5. The molecule has 2 heterocycles. The van der Waals surface area contributed by atoms with Crippen LogP contribution in [0.4, 0.5) is 5.82 Å².